The van der Waals surface area contributed by atoms with E-state index in [0.717, 1.165) is 29.0 Å². The third kappa shape index (κ3) is 6.62. The second-order valence-electron chi connectivity index (χ2n) is 7.61. The van der Waals surface area contributed by atoms with Crippen LogP contribution in [0.3, 0.4) is 0 Å². The molecular formula is C20H23BrClFN3O9P. The molecule has 0 spiro atoms. The fraction of sp³-hybridized carbons (Fsp3) is 0.450. The summed E-state index contributed by atoms with van der Waals surface area (Å²) in [6.45, 7) is 2.40. The number of carbonyl (C=O) groups is 1. The Morgan fingerprint density at radius 2 is 2.17 bits per heavy atom. The van der Waals surface area contributed by atoms with Crippen LogP contribution in [0, 0.1) is 5.82 Å². The Kier molecular flexibility index (Phi) is 9.15. The number of nitrogens with one attached hydrogen (secondary N) is 2. The number of aromatic nitrogens is 2. The van der Waals surface area contributed by atoms with E-state index in [4.69, 9.17) is 30.1 Å². The Hall–Kier alpha value is -2.06. The number of ether oxygens (including phenoxy) is 2. The second kappa shape index (κ2) is 11.5. The van der Waals surface area contributed by atoms with Crippen LogP contribution in [0.4, 0.5) is 4.39 Å². The summed E-state index contributed by atoms with van der Waals surface area (Å²) in [6, 6.07) is 4.63. The van der Waals surface area contributed by atoms with Gasteiger partial charge in [0.05, 0.1) is 13.2 Å². The number of benzene rings is 1. The summed E-state index contributed by atoms with van der Waals surface area (Å²) in [4.78, 5) is 37.7. The zero-order valence-electron chi connectivity index (χ0n) is 18.9. The Balaban J connectivity index is 1.82. The van der Waals surface area contributed by atoms with Crippen LogP contribution in [0.15, 0.2) is 46.1 Å². The molecule has 1 aliphatic heterocycles. The van der Waals surface area contributed by atoms with Gasteiger partial charge in [-0.3, -0.25) is 23.7 Å². The lowest BCUT2D eigenvalue weighted by molar-refractivity contribution is -0.144. The van der Waals surface area contributed by atoms with Gasteiger partial charge in [-0.2, -0.15) is 5.09 Å². The summed E-state index contributed by atoms with van der Waals surface area (Å²) in [5.41, 5.74) is -1.50. The average molecular weight is 615 g/mol. The van der Waals surface area contributed by atoms with Gasteiger partial charge in [0.2, 0.25) is 0 Å². The third-order valence-corrected chi connectivity index (χ3v) is 7.82. The minimum absolute atomic E-state index is 0.0669. The van der Waals surface area contributed by atoms with Gasteiger partial charge in [-0.1, -0.05) is 33.6 Å². The van der Waals surface area contributed by atoms with Crippen molar-refractivity contribution in [2.24, 2.45) is 0 Å². The van der Waals surface area contributed by atoms with Crippen LogP contribution >= 0.6 is 35.3 Å². The molecule has 12 nitrogen and oxygen atoms in total. The number of carbonyl (C=O) groups excluding carboxylic acids is 1. The monoisotopic (exact) mass is 613 g/mol. The number of aromatic amines is 1. The molecule has 1 unspecified atom stereocenters. The number of halogens is 3. The summed E-state index contributed by atoms with van der Waals surface area (Å²) in [7, 11) is -4.41. The molecule has 0 aliphatic carbocycles. The Bertz CT molecular complexity index is 1260. The zero-order chi connectivity index (χ0) is 26.7. The van der Waals surface area contributed by atoms with E-state index in [1.54, 1.807) is 6.92 Å². The van der Waals surface area contributed by atoms with E-state index in [1.165, 1.54) is 19.1 Å². The molecule has 16 heteroatoms. The highest BCUT2D eigenvalue weighted by molar-refractivity contribution is 9.10. The Labute approximate surface area is 217 Å². The van der Waals surface area contributed by atoms with Crippen molar-refractivity contribution in [1.82, 2.24) is 14.6 Å². The van der Waals surface area contributed by atoms with Gasteiger partial charge in [0.1, 0.15) is 29.8 Å². The molecule has 2 heterocycles. The SMILES string of the molecule is CCOC(=O)[C@H](C)NP(=O)(OC[C@H]1O[C@@H](n2ccc(=O)[nH]c2=O)[C@](Cl)(Br)[C@@H]1O)Oc1cccc(F)c1. The normalized spacial score (nSPS) is 26.2. The lowest BCUT2D eigenvalue weighted by atomic mass is 10.2. The molecule has 1 saturated heterocycles. The van der Waals surface area contributed by atoms with Gasteiger partial charge >= 0.3 is 19.4 Å². The average Bonchev–Trinajstić information content (AvgIpc) is 3.01. The summed E-state index contributed by atoms with van der Waals surface area (Å²) in [5, 5.41) is 13.1. The third-order valence-electron chi connectivity index (χ3n) is 4.91. The lowest BCUT2D eigenvalue weighted by Crippen LogP contribution is -2.41. The second-order valence-corrected chi connectivity index (χ2v) is 11.7. The van der Waals surface area contributed by atoms with E-state index in [2.05, 4.69) is 21.0 Å². The molecule has 3 rings (SSSR count). The predicted octanol–water partition coefficient (Wildman–Crippen LogP) is 2.01. The summed E-state index contributed by atoms with van der Waals surface area (Å²) < 4.78 is 47.7. The fourth-order valence-corrected chi connectivity index (χ4v) is 5.61. The van der Waals surface area contributed by atoms with Crippen molar-refractivity contribution in [3.8, 4) is 5.75 Å². The molecular weight excluding hydrogens is 592 g/mol. The molecule has 198 valence electrons. The van der Waals surface area contributed by atoms with Crippen LogP contribution in [-0.2, 0) is 23.4 Å². The number of H-pyrrole nitrogens is 1. The molecule has 1 aliphatic rings. The fourth-order valence-electron chi connectivity index (χ4n) is 3.20. The van der Waals surface area contributed by atoms with Gasteiger partial charge in [-0.05, 0) is 26.0 Å². The van der Waals surface area contributed by atoms with E-state index in [1.807, 2.05) is 4.98 Å². The molecule has 6 atom stereocenters. The number of nitrogens with zero attached hydrogens (tertiary/aromatic N) is 1. The molecule has 3 N–H and O–H groups in total. The first kappa shape index (κ1) is 28.5. The van der Waals surface area contributed by atoms with Gasteiger partial charge in [0, 0.05) is 18.3 Å². The highest BCUT2D eigenvalue weighted by Gasteiger charge is 2.55. The number of hydrogen-bond acceptors (Lipinski definition) is 9. The van der Waals surface area contributed by atoms with Crippen LogP contribution in [0.5, 0.6) is 5.75 Å². The van der Waals surface area contributed by atoms with Gasteiger partial charge in [-0.15, -0.1) is 0 Å². The lowest BCUT2D eigenvalue weighted by Gasteiger charge is -2.25. The van der Waals surface area contributed by atoms with Gasteiger partial charge in [0.25, 0.3) is 5.56 Å². The number of aliphatic hydroxyl groups is 1. The highest BCUT2D eigenvalue weighted by Crippen LogP contribution is 2.50. The van der Waals surface area contributed by atoms with Crippen LogP contribution in [0.25, 0.3) is 0 Å². The van der Waals surface area contributed by atoms with Crippen LogP contribution in [-0.4, -0.2) is 55.9 Å². The molecule has 1 aromatic carbocycles. The van der Waals surface area contributed by atoms with Crippen molar-refractivity contribution in [2.45, 2.75) is 42.1 Å². The Morgan fingerprint density at radius 3 is 2.81 bits per heavy atom. The van der Waals surface area contributed by atoms with Gasteiger partial charge < -0.3 is 19.1 Å². The van der Waals surface area contributed by atoms with E-state index in [-0.39, 0.29) is 12.4 Å². The zero-order valence-corrected chi connectivity index (χ0v) is 22.2. The number of esters is 1. The Morgan fingerprint density at radius 1 is 1.44 bits per heavy atom. The maximum atomic E-state index is 13.6. The summed E-state index contributed by atoms with van der Waals surface area (Å²) in [6.07, 6.45) is -2.98. The van der Waals surface area contributed by atoms with Crippen LogP contribution in [0.1, 0.15) is 20.1 Å². The molecule has 0 saturated carbocycles. The predicted molar refractivity (Wildman–Crippen MR) is 129 cm³/mol. The van der Waals surface area contributed by atoms with Crippen LogP contribution in [0.2, 0.25) is 0 Å². The first-order chi connectivity index (χ1) is 16.9. The van der Waals surface area contributed by atoms with Crippen molar-refractivity contribution < 1.29 is 37.4 Å². The maximum Gasteiger partial charge on any atom is 0.459 e. The number of rotatable bonds is 10. The largest absolute Gasteiger partial charge is 0.465 e. The van der Waals surface area contributed by atoms with Gasteiger partial charge in [0.15, 0.2) is 10.0 Å². The number of hydrogen-bond donors (Lipinski definition) is 3. The molecule has 1 fully saturated rings. The van der Waals surface area contributed by atoms with Crippen molar-refractivity contribution in [3.63, 3.8) is 0 Å². The van der Waals surface area contributed by atoms with Crippen molar-refractivity contribution in [1.29, 1.82) is 0 Å². The molecule has 1 aromatic heterocycles. The van der Waals surface area contributed by atoms with E-state index in [9.17, 15) is 28.4 Å². The quantitative estimate of drug-likeness (QED) is 0.205. The molecule has 0 radical (unpaired) electrons. The highest BCUT2D eigenvalue weighted by atomic mass is 79.9. The topological polar surface area (TPSA) is 158 Å². The minimum Gasteiger partial charge on any atom is -0.465 e. The molecule has 0 amide bonds. The van der Waals surface area contributed by atoms with E-state index in [0.29, 0.717) is 0 Å². The van der Waals surface area contributed by atoms with E-state index >= 15 is 0 Å². The summed E-state index contributed by atoms with van der Waals surface area (Å²) >= 11 is 9.53. The molecule has 0 bridgehead atoms. The van der Waals surface area contributed by atoms with Gasteiger partial charge in [-0.25, -0.2) is 13.8 Å². The summed E-state index contributed by atoms with van der Waals surface area (Å²) in [5.74, 6) is -1.59. The molecule has 2 aromatic rings. The van der Waals surface area contributed by atoms with Crippen LogP contribution < -0.4 is 20.9 Å². The van der Waals surface area contributed by atoms with Crippen molar-refractivity contribution in [3.05, 3.63) is 63.2 Å². The maximum absolute atomic E-state index is 13.6. The number of aliphatic hydroxyl groups excluding tert-OH is 1. The van der Waals surface area contributed by atoms with Crippen molar-refractivity contribution >= 4 is 41.2 Å². The first-order valence-electron chi connectivity index (χ1n) is 10.5. The first-order valence-corrected chi connectivity index (χ1v) is 13.2. The molecule has 36 heavy (non-hydrogen) atoms. The van der Waals surface area contributed by atoms with Crippen molar-refractivity contribution in [2.75, 3.05) is 13.2 Å². The smallest absolute Gasteiger partial charge is 0.459 e. The minimum atomic E-state index is -4.41. The van der Waals surface area contributed by atoms with E-state index < -0.39 is 65.7 Å². The standard InChI is InChI=1S/C20H23BrClFN3O9P/c1-3-32-17(29)11(2)25-36(31,35-13-6-4-5-12(23)9-13)33-10-14-16(28)20(21,22)18(34-14)26-8-7-15(27)24-19(26)30/h4-9,11,14,16,18,28H,3,10H2,1-2H3,(H,25,31)(H,24,27,30)/t11-,14+,16+,18+,20-,36?/m0/s1. The number of alkyl halides is 2.